The van der Waals surface area contributed by atoms with Crippen molar-refractivity contribution in [2.75, 3.05) is 39.3 Å². The van der Waals surface area contributed by atoms with Crippen molar-refractivity contribution in [3.63, 3.8) is 0 Å². The van der Waals surface area contributed by atoms with Crippen LogP contribution in [-0.4, -0.2) is 73.4 Å². The van der Waals surface area contributed by atoms with Crippen molar-refractivity contribution in [2.24, 2.45) is 5.92 Å². The van der Waals surface area contributed by atoms with Gasteiger partial charge in [0.1, 0.15) is 29.9 Å². The van der Waals surface area contributed by atoms with Crippen LogP contribution in [0.15, 0.2) is 41.1 Å². The number of ether oxygens (including phenoxy) is 3. The zero-order chi connectivity index (χ0) is 34.8. The Bertz CT molecular complexity index is 1660. The molecule has 3 aromatic heterocycles. The molecule has 11 nitrogen and oxygen atoms in total. The van der Waals surface area contributed by atoms with E-state index in [0.717, 1.165) is 91.5 Å². The van der Waals surface area contributed by atoms with Crippen LogP contribution in [0.3, 0.4) is 0 Å². The second-order valence-electron chi connectivity index (χ2n) is 14.7. The minimum atomic E-state index is -0.243. The summed E-state index contributed by atoms with van der Waals surface area (Å²) < 4.78 is 25.0. The highest BCUT2D eigenvalue weighted by atomic mass is 16.6. The van der Waals surface area contributed by atoms with Crippen molar-refractivity contribution in [1.29, 1.82) is 0 Å². The highest BCUT2D eigenvalue weighted by Crippen LogP contribution is 2.41. The lowest BCUT2D eigenvalue weighted by atomic mass is 9.83. The summed E-state index contributed by atoms with van der Waals surface area (Å²) >= 11 is 0. The van der Waals surface area contributed by atoms with Crippen LogP contribution >= 0.6 is 0 Å². The first-order valence-electron chi connectivity index (χ1n) is 18.6. The molecule has 4 heterocycles. The summed E-state index contributed by atoms with van der Waals surface area (Å²) in [5.74, 6) is 3.18. The number of hydrogen-bond acceptors (Lipinski definition) is 8. The number of hydrogen-bond donors (Lipinski definition) is 0. The van der Waals surface area contributed by atoms with Crippen molar-refractivity contribution in [1.82, 2.24) is 14.9 Å². The lowest BCUT2D eigenvalue weighted by Gasteiger charge is -2.33. The summed E-state index contributed by atoms with van der Waals surface area (Å²) in [4.78, 5) is 40.5. The summed E-state index contributed by atoms with van der Waals surface area (Å²) in [6.45, 7) is 3.31. The molecule has 4 aliphatic rings. The number of anilines is 1. The minimum Gasteiger partial charge on any atom is -0.495 e. The van der Waals surface area contributed by atoms with E-state index in [-0.39, 0.29) is 36.2 Å². The van der Waals surface area contributed by atoms with Gasteiger partial charge in [-0.25, -0.2) is 19.1 Å². The van der Waals surface area contributed by atoms with E-state index in [1.54, 1.807) is 25.4 Å². The van der Waals surface area contributed by atoms with E-state index < -0.39 is 0 Å². The fourth-order valence-corrected chi connectivity index (χ4v) is 8.18. The monoisotopic (exact) mass is 686 g/mol. The first kappa shape index (κ1) is 34.5. The average molecular weight is 687 g/mol. The van der Waals surface area contributed by atoms with E-state index in [4.69, 9.17) is 28.6 Å². The van der Waals surface area contributed by atoms with Crippen molar-refractivity contribution in [2.45, 2.75) is 114 Å². The number of methoxy groups -OCH3 is 2. The van der Waals surface area contributed by atoms with Crippen LogP contribution in [-0.2, 0) is 14.3 Å². The Hall–Kier alpha value is -3.99. The maximum Gasteiger partial charge on any atom is 0.410 e. The van der Waals surface area contributed by atoms with E-state index in [0.29, 0.717) is 50.6 Å². The number of pyridine rings is 2. The number of oxazole rings is 1. The van der Waals surface area contributed by atoms with Gasteiger partial charge in [0, 0.05) is 49.4 Å². The molecule has 3 saturated carbocycles. The molecule has 2 amide bonds. The molecule has 1 saturated heterocycles. The van der Waals surface area contributed by atoms with Crippen LogP contribution in [0.1, 0.15) is 112 Å². The molecular weight excluding hydrogens is 634 g/mol. The molecular formula is C39H52N5O6+. The molecule has 0 N–H and O–H groups in total. The number of carbonyl (C=O) groups excluding carboxylic acids is 2. The lowest BCUT2D eigenvalue weighted by molar-refractivity contribution is -0.713. The quantitative estimate of drug-likeness (QED) is 0.224. The minimum absolute atomic E-state index is 0.0981. The predicted octanol–water partition coefficient (Wildman–Crippen LogP) is 6.89. The molecule has 50 heavy (non-hydrogen) atoms. The van der Waals surface area contributed by atoms with Crippen molar-refractivity contribution >= 4 is 17.8 Å². The topological polar surface area (TPSA) is 111 Å². The molecule has 0 spiro atoms. The summed E-state index contributed by atoms with van der Waals surface area (Å²) in [6, 6.07) is 8.54. The Kier molecular flexibility index (Phi) is 10.4. The molecule has 1 aliphatic heterocycles. The number of nitrogens with zero attached hydrogens (tertiary/aromatic N) is 5. The lowest BCUT2D eigenvalue weighted by Crippen LogP contribution is -2.49. The van der Waals surface area contributed by atoms with Gasteiger partial charge < -0.3 is 23.5 Å². The molecule has 268 valence electrons. The van der Waals surface area contributed by atoms with Gasteiger partial charge in [-0.3, -0.25) is 4.98 Å². The van der Waals surface area contributed by atoms with Gasteiger partial charge in [0.05, 0.1) is 38.1 Å². The van der Waals surface area contributed by atoms with Gasteiger partial charge >= 0.3 is 12.0 Å². The van der Waals surface area contributed by atoms with E-state index in [2.05, 4.69) is 29.0 Å². The molecule has 3 aliphatic carbocycles. The molecule has 2 atom stereocenters. The van der Waals surface area contributed by atoms with Crippen LogP contribution < -0.4 is 14.2 Å². The third-order valence-corrected chi connectivity index (χ3v) is 11.4. The standard InChI is InChI=1S/C39H52N5O6/c1-25-35(48-4)15-14-33(40-25)28-6-5-7-30(22-28)44-21-16-29(34-24-49-37(41-34)26-8-9-26)23-36(44)42(2)38(45)27-10-12-32(13-11-27)50-39(46)43-19-17-31(47-3)18-20-43/h14-16,21,23-24,26-28,30-32H,5-13,17-20,22H2,1-4H3/q+1/t27?,28-,30?,32?/m0/s1. The maximum absolute atomic E-state index is 14.2. The van der Waals surface area contributed by atoms with Crippen molar-refractivity contribution < 1.29 is 32.8 Å². The van der Waals surface area contributed by atoms with E-state index in [1.807, 2.05) is 24.9 Å². The molecule has 1 unspecified atom stereocenters. The molecule has 4 fully saturated rings. The first-order valence-corrected chi connectivity index (χ1v) is 18.6. The number of rotatable bonds is 9. The number of aromatic nitrogens is 3. The Balaban J connectivity index is 1.07. The van der Waals surface area contributed by atoms with Crippen LogP contribution in [0.4, 0.5) is 10.6 Å². The van der Waals surface area contributed by atoms with E-state index in [1.165, 1.54) is 0 Å². The van der Waals surface area contributed by atoms with Gasteiger partial charge in [-0.1, -0.05) is 0 Å². The molecule has 0 radical (unpaired) electrons. The third-order valence-electron chi connectivity index (χ3n) is 11.4. The second-order valence-corrected chi connectivity index (χ2v) is 14.7. The second kappa shape index (κ2) is 15.1. The number of carbonyl (C=O) groups is 2. The Morgan fingerprint density at radius 1 is 0.920 bits per heavy atom. The molecule has 0 bridgehead atoms. The summed E-state index contributed by atoms with van der Waals surface area (Å²) in [5.41, 5.74) is 3.75. The SMILES string of the molecule is COc1ccc([C@H]2CCCC([n+]3ccc(-c4coc(C5CC5)n4)cc3N(C)C(=O)C3CCC(OC(=O)N4CCC(OC)CC4)CC3)C2)nc1C. The number of amides is 2. The van der Waals surface area contributed by atoms with Crippen molar-refractivity contribution in [3.05, 3.63) is 54.0 Å². The zero-order valence-electron chi connectivity index (χ0n) is 30.0. The summed E-state index contributed by atoms with van der Waals surface area (Å²) in [7, 11) is 5.31. The van der Waals surface area contributed by atoms with Gasteiger partial charge in [-0.05, 0) is 102 Å². The number of piperidine rings is 1. The number of likely N-dealkylation sites (tertiary alicyclic amines) is 1. The highest BCUT2D eigenvalue weighted by Gasteiger charge is 2.38. The maximum atomic E-state index is 14.2. The van der Waals surface area contributed by atoms with Gasteiger partial charge in [-0.2, -0.15) is 4.90 Å². The Morgan fingerprint density at radius 2 is 1.70 bits per heavy atom. The third kappa shape index (κ3) is 7.53. The van der Waals surface area contributed by atoms with Gasteiger partial charge in [-0.15, -0.1) is 0 Å². The van der Waals surface area contributed by atoms with Gasteiger partial charge in [0.15, 0.2) is 5.89 Å². The average Bonchev–Trinajstić information content (AvgIpc) is 3.90. The van der Waals surface area contributed by atoms with Gasteiger partial charge in [0.25, 0.3) is 5.82 Å². The predicted molar refractivity (Wildman–Crippen MR) is 187 cm³/mol. The Morgan fingerprint density at radius 3 is 2.40 bits per heavy atom. The van der Waals surface area contributed by atoms with Crippen LogP contribution in [0.25, 0.3) is 11.3 Å². The highest BCUT2D eigenvalue weighted by molar-refractivity contribution is 5.93. The van der Waals surface area contributed by atoms with Crippen molar-refractivity contribution in [3.8, 4) is 17.0 Å². The van der Waals surface area contributed by atoms with E-state index in [9.17, 15) is 9.59 Å². The first-order chi connectivity index (χ1) is 24.3. The normalized spacial score (nSPS) is 24.5. The molecule has 7 rings (SSSR count). The largest absolute Gasteiger partial charge is 0.495 e. The van der Waals surface area contributed by atoms with Gasteiger partial charge in [0.2, 0.25) is 0 Å². The fraction of sp³-hybridized carbons (Fsp3) is 0.615. The van der Waals surface area contributed by atoms with Crippen LogP contribution in [0, 0.1) is 12.8 Å². The van der Waals surface area contributed by atoms with Crippen LogP contribution in [0.5, 0.6) is 5.75 Å². The Labute approximate surface area is 295 Å². The summed E-state index contributed by atoms with van der Waals surface area (Å²) in [5, 5.41) is 0. The fourth-order valence-electron chi connectivity index (χ4n) is 8.18. The van der Waals surface area contributed by atoms with E-state index >= 15 is 0 Å². The molecule has 11 heteroatoms. The summed E-state index contributed by atoms with van der Waals surface area (Å²) in [6.07, 6.45) is 14.5. The van der Waals surface area contributed by atoms with Crippen LogP contribution in [0.2, 0.25) is 0 Å². The smallest absolute Gasteiger partial charge is 0.410 e. The zero-order valence-corrected chi connectivity index (χ0v) is 30.0. The molecule has 0 aromatic carbocycles. The molecule has 3 aromatic rings. The number of aryl methyl sites for hydroxylation is 1.